The van der Waals surface area contributed by atoms with Gasteiger partial charge in [0.05, 0.1) is 0 Å². The monoisotopic (exact) mass is 261 g/mol. The van der Waals surface area contributed by atoms with E-state index in [1.54, 1.807) is 0 Å². The normalized spacial score (nSPS) is 12.6. The van der Waals surface area contributed by atoms with Gasteiger partial charge in [-0.2, -0.15) is 0 Å². The third-order valence-electron chi connectivity index (χ3n) is 3.96. The minimum atomic E-state index is 0.526. The molecule has 1 aromatic rings. The fourth-order valence-electron chi connectivity index (χ4n) is 2.64. The molecule has 1 heteroatoms. The smallest absolute Gasteiger partial charge is 0.0317 e. The number of unbranched alkanes of at least 4 members (excludes halogenated alkanes) is 5. The van der Waals surface area contributed by atoms with Crippen molar-refractivity contribution in [2.75, 3.05) is 7.05 Å². The van der Waals surface area contributed by atoms with Crippen LogP contribution in [0.3, 0.4) is 0 Å². The molecular weight excluding hydrogens is 230 g/mol. The molecule has 1 nitrogen and oxygen atoms in total. The quantitative estimate of drug-likeness (QED) is 0.566. The molecule has 1 unspecified atom stereocenters. The van der Waals surface area contributed by atoms with E-state index in [4.69, 9.17) is 0 Å². The van der Waals surface area contributed by atoms with Gasteiger partial charge in [0.15, 0.2) is 0 Å². The van der Waals surface area contributed by atoms with Crippen LogP contribution in [0.2, 0.25) is 0 Å². The second-order valence-electron chi connectivity index (χ2n) is 5.50. The largest absolute Gasteiger partial charge is 0.313 e. The zero-order chi connectivity index (χ0) is 13.9. The van der Waals surface area contributed by atoms with Crippen LogP contribution in [-0.2, 0) is 6.42 Å². The van der Waals surface area contributed by atoms with Crippen molar-refractivity contribution in [3.8, 4) is 0 Å². The molecule has 0 amide bonds. The fourth-order valence-corrected chi connectivity index (χ4v) is 2.64. The van der Waals surface area contributed by atoms with E-state index in [1.165, 1.54) is 56.1 Å². The van der Waals surface area contributed by atoms with E-state index < -0.39 is 0 Å². The number of hydrogen-bond donors (Lipinski definition) is 1. The lowest BCUT2D eigenvalue weighted by Gasteiger charge is -2.17. The van der Waals surface area contributed by atoms with Gasteiger partial charge in [-0.25, -0.2) is 0 Å². The Morgan fingerprint density at radius 1 is 1.00 bits per heavy atom. The van der Waals surface area contributed by atoms with E-state index in [9.17, 15) is 0 Å². The highest BCUT2D eigenvalue weighted by Crippen LogP contribution is 2.21. The van der Waals surface area contributed by atoms with E-state index in [0.717, 1.165) is 6.42 Å². The zero-order valence-corrected chi connectivity index (χ0v) is 13.0. The number of rotatable bonds is 10. The number of hydrogen-bond acceptors (Lipinski definition) is 1. The van der Waals surface area contributed by atoms with Crippen LogP contribution in [0.4, 0.5) is 0 Å². The molecule has 0 heterocycles. The maximum atomic E-state index is 3.47. The maximum absolute atomic E-state index is 3.47. The summed E-state index contributed by atoms with van der Waals surface area (Å²) in [6, 6.07) is 9.56. The van der Waals surface area contributed by atoms with E-state index in [0.29, 0.717) is 6.04 Å². The Hall–Kier alpha value is -0.820. The molecular formula is C18H31N. The summed E-state index contributed by atoms with van der Waals surface area (Å²) in [7, 11) is 2.08. The molecule has 0 saturated heterocycles. The second-order valence-corrected chi connectivity index (χ2v) is 5.50. The second kappa shape index (κ2) is 10.0. The average molecular weight is 261 g/mol. The first-order valence-electron chi connectivity index (χ1n) is 8.07. The van der Waals surface area contributed by atoms with Crippen LogP contribution in [0.25, 0.3) is 0 Å². The van der Waals surface area contributed by atoms with Crippen LogP contribution in [0.5, 0.6) is 0 Å². The van der Waals surface area contributed by atoms with Crippen molar-refractivity contribution < 1.29 is 0 Å². The number of benzene rings is 1. The zero-order valence-electron chi connectivity index (χ0n) is 13.0. The van der Waals surface area contributed by atoms with E-state index >= 15 is 0 Å². The first-order chi connectivity index (χ1) is 9.31. The summed E-state index contributed by atoms with van der Waals surface area (Å²) in [5.74, 6) is 0. The van der Waals surface area contributed by atoms with Gasteiger partial charge in [-0.05, 0) is 31.0 Å². The predicted octanol–water partition coefficient (Wildman–Crippen LogP) is 5.26. The van der Waals surface area contributed by atoms with Gasteiger partial charge in [0.1, 0.15) is 0 Å². The molecule has 0 spiro atoms. The Labute approximate surface area is 119 Å². The fraction of sp³-hybridized carbons (Fsp3) is 0.667. The SMILES string of the molecule is CCCCCCCCC(NC)c1cccc(CC)c1. The Balaban J connectivity index is 2.35. The molecule has 108 valence electrons. The molecule has 19 heavy (non-hydrogen) atoms. The van der Waals surface area contributed by atoms with Crippen LogP contribution in [-0.4, -0.2) is 7.05 Å². The van der Waals surface area contributed by atoms with Crippen molar-refractivity contribution >= 4 is 0 Å². The lowest BCUT2D eigenvalue weighted by atomic mass is 9.97. The molecule has 0 fully saturated rings. The average Bonchev–Trinajstić information content (AvgIpc) is 2.46. The topological polar surface area (TPSA) is 12.0 Å². The summed E-state index contributed by atoms with van der Waals surface area (Å²) in [6.07, 6.45) is 10.6. The minimum absolute atomic E-state index is 0.526. The Morgan fingerprint density at radius 3 is 2.42 bits per heavy atom. The van der Waals surface area contributed by atoms with Crippen LogP contribution >= 0.6 is 0 Å². The minimum Gasteiger partial charge on any atom is -0.313 e. The lowest BCUT2D eigenvalue weighted by Crippen LogP contribution is -2.16. The molecule has 1 atom stereocenters. The van der Waals surface area contributed by atoms with Crippen molar-refractivity contribution in [2.24, 2.45) is 0 Å². The van der Waals surface area contributed by atoms with Crippen LogP contribution < -0.4 is 5.32 Å². The summed E-state index contributed by atoms with van der Waals surface area (Å²) in [5, 5.41) is 3.47. The molecule has 0 aliphatic carbocycles. The van der Waals surface area contributed by atoms with E-state index in [1.807, 2.05) is 0 Å². The molecule has 1 rings (SSSR count). The highest BCUT2D eigenvalue weighted by Gasteiger charge is 2.08. The van der Waals surface area contributed by atoms with Crippen LogP contribution in [0.15, 0.2) is 24.3 Å². The van der Waals surface area contributed by atoms with Gasteiger partial charge in [0, 0.05) is 6.04 Å². The van der Waals surface area contributed by atoms with E-state index in [-0.39, 0.29) is 0 Å². The van der Waals surface area contributed by atoms with Gasteiger partial charge in [-0.15, -0.1) is 0 Å². The Morgan fingerprint density at radius 2 is 1.74 bits per heavy atom. The third kappa shape index (κ3) is 6.24. The van der Waals surface area contributed by atoms with Gasteiger partial charge < -0.3 is 5.32 Å². The highest BCUT2D eigenvalue weighted by atomic mass is 14.9. The summed E-state index contributed by atoms with van der Waals surface area (Å²) in [5.41, 5.74) is 2.90. The standard InChI is InChI=1S/C18H31N/c1-4-6-7-8-9-10-14-18(19-3)17-13-11-12-16(5-2)15-17/h11-13,15,18-19H,4-10,14H2,1-3H3. The molecule has 0 aliphatic heterocycles. The van der Waals surface area contributed by atoms with Crippen molar-refractivity contribution in [1.29, 1.82) is 0 Å². The highest BCUT2D eigenvalue weighted by molar-refractivity contribution is 5.26. The predicted molar refractivity (Wildman–Crippen MR) is 85.6 cm³/mol. The summed E-state index contributed by atoms with van der Waals surface area (Å²) in [6.45, 7) is 4.50. The van der Waals surface area contributed by atoms with Crippen molar-refractivity contribution in [3.63, 3.8) is 0 Å². The van der Waals surface area contributed by atoms with Crippen molar-refractivity contribution in [1.82, 2.24) is 5.32 Å². The van der Waals surface area contributed by atoms with Crippen molar-refractivity contribution in [2.45, 2.75) is 71.3 Å². The molecule has 1 aromatic carbocycles. The first-order valence-corrected chi connectivity index (χ1v) is 8.07. The first kappa shape index (κ1) is 16.2. The van der Waals surface area contributed by atoms with Gasteiger partial charge in [0.2, 0.25) is 0 Å². The molecule has 0 aliphatic rings. The molecule has 0 bridgehead atoms. The van der Waals surface area contributed by atoms with Gasteiger partial charge in [0.25, 0.3) is 0 Å². The van der Waals surface area contributed by atoms with Gasteiger partial charge in [-0.1, -0.05) is 76.6 Å². The van der Waals surface area contributed by atoms with E-state index in [2.05, 4.69) is 50.5 Å². The third-order valence-corrected chi connectivity index (χ3v) is 3.96. The number of nitrogens with one attached hydrogen (secondary N) is 1. The van der Waals surface area contributed by atoms with Crippen molar-refractivity contribution in [3.05, 3.63) is 35.4 Å². The molecule has 1 N–H and O–H groups in total. The lowest BCUT2D eigenvalue weighted by molar-refractivity contribution is 0.497. The summed E-state index contributed by atoms with van der Waals surface area (Å²) < 4.78 is 0. The Kier molecular flexibility index (Phi) is 8.57. The van der Waals surface area contributed by atoms with Crippen LogP contribution in [0.1, 0.15) is 76.0 Å². The summed E-state index contributed by atoms with van der Waals surface area (Å²) in [4.78, 5) is 0. The number of aryl methyl sites for hydroxylation is 1. The maximum Gasteiger partial charge on any atom is 0.0317 e. The van der Waals surface area contributed by atoms with Gasteiger partial charge >= 0.3 is 0 Å². The van der Waals surface area contributed by atoms with Gasteiger partial charge in [-0.3, -0.25) is 0 Å². The Bertz CT molecular complexity index is 332. The molecule has 0 saturated carbocycles. The molecule has 0 aromatic heterocycles. The van der Waals surface area contributed by atoms with Crippen LogP contribution in [0, 0.1) is 0 Å². The molecule has 0 radical (unpaired) electrons. The summed E-state index contributed by atoms with van der Waals surface area (Å²) >= 11 is 0.